The maximum absolute atomic E-state index is 5.41. The molecule has 3 aromatic heterocycles. The maximum Gasteiger partial charge on any atom is 0.227 e. The Bertz CT molecular complexity index is 840. The zero-order valence-corrected chi connectivity index (χ0v) is 14.6. The van der Waals surface area contributed by atoms with Gasteiger partial charge in [0.05, 0.1) is 26.0 Å². The number of nitrogens with one attached hydrogen (secondary N) is 1. The lowest BCUT2D eigenvalue weighted by atomic mass is 10.3. The second-order valence-electron chi connectivity index (χ2n) is 6.01. The van der Waals surface area contributed by atoms with Gasteiger partial charge in [-0.25, -0.2) is 4.98 Å². The molecule has 0 amide bonds. The number of anilines is 2. The van der Waals surface area contributed by atoms with E-state index in [1.807, 2.05) is 24.3 Å². The summed E-state index contributed by atoms with van der Waals surface area (Å²) in [5.74, 6) is 2.79. The van der Waals surface area contributed by atoms with Crippen molar-refractivity contribution in [1.29, 1.82) is 0 Å². The third-order valence-corrected chi connectivity index (χ3v) is 4.20. The van der Waals surface area contributed by atoms with Gasteiger partial charge in [0.1, 0.15) is 11.5 Å². The van der Waals surface area contributed by atoms with E-state index in [2.05, 4.69) is 32.3 Å². The van der Waals surface area contributed by atoms with Gasteiger partial charge in [0.2, 0.25) is 11.7 Å². The van der Waals surface area contributed by atoms with Crippen LogP contribution in [0.3, 0.4) is 0 Å². The molecule has 0 radical (unpaired) electrons. The van der Waals surface area contributed by atoms with Crippen molar-refractivity contribution < 1.29 is 13.7 Å². The van der Waals surface area contributed by atoms with E-state index < -0.39 is 0 Å². The van der Waals surface area contributed by atoms with Crippen LogP contribution in [-0.4, -0.2) is 41.4 Å². The molecule has 136 valence electrons. The Hall–Kier alpha value is -2.87. The van der Waals surface area contributed by atoms with E-state index in [1.54, 1.807) is 6.26 Å². The topological polar surface area (TPSA) is 89.5 Å². The van der Waals surface area contributed by atoms with E-state index in [4.69, 9.17) is 13.7 Å². The molecule has 0 aromatic carbocycles. The van der Waals surface area contributed by atoms with Crippen molar-refractivity contribution in [1.82, 2.24) is 15.1 Å². The summed E-state index contributed by atoms with van der Waals surface area (Å²) in [7, 11) is 0. The average molecular weight is 355 g/mol. The van der Waals surface area contributed by atoms with E-state index in [-0.39, 0.29) is 0 Å². The van der Waals surface area contributed by atoms with E-state index in [0.29, 0.717) is 31.3 Å². The van der Waals surface area contributed by atoms with Crippen LogP contribution in [0.4, 0.5) is 11.8 Å². The lowest BCUT2D eigenvalue weighted by Crippen LogP contribution is -2.37. The number of furan rings is 1. The monoisotopic (exact) mass is 355 g/mol. The van der Waals surface area contributed by atoms with Gasteiger partial charge in [-0.15, -0.1) is 0 Å². The summed E-state index contributed by atoms with van der Waals surface area (Å²) in [6.07, 6.45) is 2.46. The van der Waals surface area contributed by atoms with Gasteiger partial charge in [0.15, 0.2) is 5.76 Å². The summed E-state index contributed by atoms with van der Waals surface area (Å²) < 4.78 is 16.0. The first-order chi connectivity index (χ1) is 12.8. The molecule has 0 spiro atoms. The Labute approximate surface area is 151 Å². The van der Waals surface area contributed by atoms with Gasteiger partial charge in [-0.05, 0) is 18.6 Å². The lowest BCUT2D eigenvalue weighted by molar-refractivity contribution is 0.122. The second-order valence-corrected chi connectivity index (χ2v) is 6.01. The van der Waals surface area contributed by atoms with Gasteiger partial charge >= 0.3 is 0 Å². The van der Waals surface area contributed by atoms with Crippen LogP contribution in [0.2, 0.25) is 0 Å². The molecule has 0 atom stereocenters. The molecule has 26 heavy (non-hydrogen) atoms. The van der Waals surface area contributed by atoms with Crippen molar-refractivity contribution in [2.45, 2.75) is 19.9 Å². The molecule has 1 aliphatic rings. The van der Waals surface area contributed by atoms with Gasteiger partial charge in [0, 0.05) is 30.9 Å². The SMILES string of the molecule is CCc1cc(NCc2cc(-c3ccco3)on2)nc(N2CCOCC2)n1. The fourth-order valence-corrected chi connectivity index (χ4v) is 2.77. The van der Waals surface area contributed by atoms with E-state index in [0.717, 1.165) is 42.7 Å². The molecule has 0 bridgehead atoms. The van der Waals surface area contributed by atoms with Crippen molar-refractivity contribution in [3.05, 3.63) is 41.9 Å². The third-order valence-electron chi connectivity index (χ3n) is 4.20. The molecule has 1 aliphatic heterocycles. The number of rotatable bonds is 6. The van der Waals surface area contributed by atoms with Crippen LogP contribution in [0.1, 0.15) is 18.3 Å². The van der Waals surface area contributed by atoms with Crippen LogP contribution in [0.25, 0.3) is 11.5 Å². The summed E-state index contributed by atoms with van der Waals surface area (Å²) >= 11 is 0. The summed E-state index contributed by atoms with van der Waals surface area (Å²) in [6.45, 7) is 5.62. The zero-order chi connectivity index (χ0) is 17.8. The molecular formula is C18H21N5O3. The number of hydrogen-bond acceptors (Lipinski definition) is 8. The van der Waals surface area contributed by atoms with Crippen LogP contribution >= 0.6 is 0 Å². The van der Waals surface area contributed by atoms with Gasteiger partial charge in [0.25, 0.3) is 0 Å². The Kier molecular flexibility index (Phi) is 4.83. The zero-order valence-electron chi connectivity index (χ0n) is 14.6. The molecule has 1 N–H and O–H groups in total. The largest absolute Gasteiger partial charge is 0.461 e. The molecule has 0 unspecified atom stereocenters. The number of nitrogens with zero attached hydrogens (tertiary/aromatic N) is 4. The minimum atomic E-state index is 0.507. The normalized spacial score (nSPS) is 14.6. The Morgan fingerprint density at radius 1 is 1.12 bits per heavy atom. The highest BCUT2D eigenvalue weighted by molar-refractivity contribution is 5.50. The summed E-state index contributed by atoms with van der Waals surface area (Å²) in [5.41, 5.74) is 1.78. The first-order valence-corrected chi connectivity index (χ1v) is 8.76. The van der Waals surface area contributed by atoms with Gasteiger partial charge in [-0.2, -0.15) is 4.98 Å². The molecule has 0 saturated carbocycles. The fraction of sp³-hybridized carbons (Fsp3) is 0.389. The number of morpholine rings is 1. The van der Waals surface area contributed by atoms with E-state index >= 15 is 0 Å². The molecule has 8 nitrogen and oxygen atoms in total. The molecule has 4 rings (SSSR count). The van der Waals surface area contributed by atoms with Crippen LogP contribution in [0.15, 0.2) is 39.5 Å². The summed E-state index contributed by atoms with van der Waals surface area (Å²) in [5, 5.41) is 7.39. The van der Waals surface area contributed by atoms with Crippen molar-refractivity contribution in [2.24, 2.45) is 0 Å². The molecule has 8 heteroatoms. The van der Waals surface area contributed by atoms with E-state index in [1.165, 1.54) is 0 Å². The van der Waals surface area contributed by atoms with Crippen LogP contribution in [0, 0.1) is 0 Å². The summed E-state index contributed by atoms with van der Waals surface area (Å²) in [6, 6.07) is 7.48. The molecule has 1 saturated heterocycles. The molecule has 3 aromatic rings. The number of aromatic nitrogens is 3. The van der Waals surface area contributed by atoms with Crippen LogP contribution in [0.5, 0.6) is 0 Å². The average Bonchev–Trinajstić information content (AvgIpc) is 3.38. The third kappa shape index (κ3) is 3.70. The lowest BCUT2D eigenvalue weighted by Gasteiger charge is -2.27. The minimum absolute atomic E-state index is 0.507. The van der Waals surface area contributed by atoms with Gasteiger partial charge in [-0.3, -0.25) is 0 Å². The van der Waals surface area contributed by atoms with Crippen LogP contribution in [-0.2, 0) is 17.7 Å². The Balaban J connectivity index is 1.47. The second kappa shape index (κ2) is 7.57. The maximum atomic E-state index is 5.41. The molecule has 4 heterocycles. The first-order valence-electron chi connectivity index (χ1n) is 8.76. The Morgan fingerprint density at radius 3 is 2.77 bits per heavy atom. The highest BCUT2D eigenvalue weighted by Gasteiger charge is 2.16. The standard InChI is InChI=1S/C18H21N5O3/c1-2-13-11-17(21-18(20-13)23-5-8-24-9-6-23)19-12-14-10-16(26-22-14)15-4-3-7-25-15/h3-4,7,10-11H,2,5-6,8-9,12H2,1H3,(H,19,20,21). The first kappa shape index (κ1) is 16.6. The van der Waals surface area contributed by atoms with Crippen LogP contribution < -0.4 is 10.2 Å². The van der Waals surface area contributed by atoms with Crippen molar-refractivity contribution in [2.75, 3.05) is 36.5 Å². The predicted octanol–water partition coefficient (Wildman–Crippen LogP) is 2.74. The molecule has 1 fully saturated rings. The van der Waals surface area contributed by atoms with E-state index in [9.17, 15) is 0 Å². The number of aryl methyl sites for hydroxylation is 1. The minimum Gasteiger partial charge on any atom is -0.461 e. The van der Waals surface area contributed by atoms with Crippen molar-refractivity contribution >= 4 is 11.8 Å². The summed E-state index contributed by atoms with van der Waals surface area (Å²) in [4.78, 5) is 11.4. The Morgan fingerprint density at radius 2 is 2.00 bits per heavy atom. The van der Waals surface area contributed by atoms with Crippen molar-refractivity contribution in [3.63, 3.8) is 0 Å². The van der Waals surface area contributed by atoms with Gasteiger partial charge < -0.3 is 23.9 Å². The molecular weight excluding hydrogens is 334 g/mol. The highest BCUT2D eigenvalue weighted by atomic mass is 16.5. The smallest absolute Gasteiger partial charge is 0.227 e. The highest BCUT2D eigenvalue weighted by Crippen LogP contribution is 2.21. The quantitative estimate of drug-likeness (QED) is 0.722. The predicted molar refractivity (Wildman–Crippen MR) is 96.0 cm³/mol. The number of ether oxygens (including phenoxy) is 1. The van der Waals surface area contributed by atoms with Gasteiger partial charge in [-0.1, -0.05) is 12.1 Å². The van der Waals surface area contributed by atoms with Crippen molar-refractivity contribution in [3.8, 4) is 11.5 Å². The molecule has 0 aliphatic carbocycles. The fourth-order valence-electron chi connectivity index (χ4n) is 2.77. The number of hydrogen-bond donors (Lipinski definition) is 1.